The van der Waals surface area contributed by atoms with E-state index in [1.165, 1.54) is 0 Å². The van der Waals surface area contributed by atoms with Crippen LogP contribution in [0.2, 0.25) is 0 Å². The van der Waals surface area contributed by atoms with E-state index in [-0.39, 0.29) is 0 Å². The summed E-state index contributed by atoms with van der Waals surface area (Å²) < 4.78 is 0. The summed E-state index contributed by atoms with van der Waals surface area (Å²) in [5, 5.41) is 6.46. The zero-order valence-electron chi connectivity index (χ0n) is 11.4. The molecule has 0 saturated heterocycles. The molecule has 0 radical (unpaired) electrons. The molecule has 0 fully saturated rings. The van der Waals surface area contributed by atoms with Crippen molar-refractivity contribution in [1.29, 1.82) is 0 Å². The van der Waals surface area contributed by atoms with Crippen LogP contribution < -0.4 is 10.6 Å². The number of likely N-dealkylation sites (N-methyl/N-ethyl adjacent to an activating group) is 1. The quantitative estimate of drug-likeness (QED) is 0.786. The summed E-state index contributed by atoms with van der Waals surface area (Å²) in [5.74, 6) is 1.56. The van der Waals surface area contributed by atoms with Crippen LogP contribution in [0.1, 0.15) is 19.5 Å². The third-order valence-electron chi connectivity index (χ3n) is 2.65. The molecule has 0 aliphatic carbocycles. The van der Waals surface area contributed by atoms with Crippen molar-refractivity contribution in [2.45, 2.75) is 26.8 Å². The van der Waals surface area contributed by atoms with Crippen molar-refractivity contribution in [2.24, 2.45) is 0 Å². The molecule has 1 aromatic heterocycles. The van der Waals surface area contributed by atoms with Crippen LogP contribution in [0.3, 0.4) is 0 Å². The largest absolute Gasteiger partial charge is 0.368 e. The molecule has 17 heavy (non-hydrogen) atoms. The van der Waals surface area contributed by atoms with Gasteiger partial charge in [0.2, 0.25) is 5.95 Å². The number of hydrogen-bond donors (Lipinski definition) is 2. The van der Waals surface area contributed by atoms with Gasteiger partial charge in [-0.1, -0.05) is 0 Å². The lowest BCUT2D eigenvalue weighted by atomic mass is 10.3. The SMILES string of the molecule is CCNc1nc(C)cc(NCC(C)N(C)C)n1. The predicted octanol–water partition coefficient (Wildman–Crippen LogP) is 1.58. The minimum Gasteiger partial charge on any atom is -0.368 e. The van der Waals surface area contributed by atoms with Gasteiger partial charge in [-0.15, -0.1) is 0 Å². The van der Waals surface area contributed by atoms with Crippen molar-refractivity contribution in [3.63, 3.8) is 0 Å². The number of anilines is 2. The monoisotopic (exact) mass is 237 g/mol. The Balaban J connectivity index is 2.64. The number of nitrogens with one attached hydrogen (secondary N) is 2. The molecule has 1 unspecified atom stereocenters. The second kappa shape index (κ2) is 6.39. The molecule has 0 bridgehead atoms. The summed E-state index contributed by atoms with van der Waals surface area (Å²) in [7, 11) is 4.14. The Morgan fingerprint density at radius 1 is 1.29 bits per heavy atom. The minimum atomic E-state index is 0.466. The topological polar surface area (TPSA) is 53.1 Å². The molecule has 1 aromatic rings. The van der Waals surface area contributed by atoms with Crippen LogP contribution in [-0.2, 0) is 0 Å². The maximum absolute atomic E-state index is 4.40. The van der Waals surface area contributed by atoms with Gasteiger partial charge < -0.3 is 15.5 Å². The average Bonchev–Trinajstić information content (AvgIpc) is 2.25. The fraction of sp³-hybridized carbons (Fsp3) is 0.667. The normalized spacial score (nSPS) is 12.6. The lowest BCUT2D eigenvalue weighted by Gasteiger charge is -2.20. The van der Waals surface area contributed by atoms with Crippen molar-refractivity contribution in [3.05, 3.63) is 11.8 Å². The number of nitrogens with zero attached hydrogens (tertiary/aromatic N) is 3. The first-order valence-corrected chi connectivity index (χ1v) is 6.02. The van der Waals surface area contributed by atoms with Crippen LogP contribution in [0, 0.1) is 6.92 Å². The fourth-order valence-electron chi connectivity index (χ4n) is 1.33. The molecular weight excluding hydrogens is 214 g/mol. The molecule has 2 N–H and O–H groups in total. The molecule has 0 aromatic carbocycles. The molecular formula is C12H23N5. The van der Waals surface area contributed by atoms with Gasteiger partial charge in [0.05, 0.1) is 0 Å². The van der Waals surface area contributed by atoms with Crippen molar-refractivity contribution < 1.29 is 0 Å². The molecule has 0 spiro atoms. The van der Waals surface area contributed by atoms with Gasteiger partial charge >= 0.3 is 0 Å². The van der Waals surface area contributed by atoms with Crippen LogP contribution in [0.15, 0.2) is 6.07 Å². The standard InChI is InChI=1S/C12H23N5/c1-6-13-12-15-9(2)7-11(16-12)14-8-10(3)17(4)5/h7,10H,6,8H2,1-5H3,(H2,13,14,15,16). The van der Waals surface area contributed by atoms with Crippen molar-refractivity contribution in [3.8, 4) is 0 Å². The van der Waals surface area contributed by atoms with Gasteiger partial charge in [-0.25, -0.2) is 4.98 Å². The van der Waals surface area contributed by atoms with Crippen molar-refractivity contribution in [2.75, 3.05) is 37.8 Å². The zero-order chi connectivity index (χ0) is 12.8. The molecule has 0 amide bonds. The van der Waals surface area contributed by atoms with E-state index in [1.54, 1.807) is 0 Å². The van der Waals surface area contributed by atoms with Gasteiger partial charge in [0, 0.05) is 30.9 Å². The van der Waals surface area contributed by atoms with Crippen LogP contribution in [-0.4, -0.2) is 48.1 Å². The molecule has 1 rings (SSSR count). The smallest absolute Gasteiger partial charge is 0.224 e. The maximum Gasteiger partial charge on any atom is 0.224 e. The minimum absolute atomic E-state index is 0.466. The average molecular weight is 237 g/mol. The summed E-state index contributed by atoms with van der Waals surface area (Å²) in [6, 6.07) is 2.43. The van der Waals surface area contributed by atoms with E-state index in [4.69, 9.17) is 0 Å². The first-order valence-electron chi connectivity index (χ1n) is 6.02. The van der Waals surface area contributed by atoms with Crippen molar-refractivity contribution in [1.82, 2.24) is 14.9 Å². The predicted molar refractivity (Wildman–Crippen MR) is 72.6 cm³/mol. The highest BCUT2D eigenvalue weighted by Gasteiger charge is 2.05. The highest BCUT2D eigenvalue weighted by Crippen LogP contribution is 2.09. The number of aromatic nitrogens is 2. The Hall–Kier alpha value is -1.36. The summed E-state index contributed by atoms with van der Waals surface area (Å²) in [6.45, 7) is 7.88. The zero-order valence-corrected chi connectivity index (χ0v) is 11.4. The Morgan fingerprint density at radius 3 is 2.59 bits per heavy atom. The van der Waals surface area contributed by atoms with E-state index < -0.39 is 0 Å². The Labute approximate surface area is 104 Å². The lowest BCUT2D eigenvalue weighted by molar-refractivity contribution is 0.326. The van der Waals surface area contributed by atoms with Gasteiger partial charge in [-0.05, 0) is 34.9 Å². The number of hydrogen-bond acceptors (Lipinski definition) is 5. The first kappa shape index (κ1) is 13.7. The molecule has 1 heterocycles. The molecule has 0 aliphatic heterocycles. The van der Waals surface area contributed by atoms with E-state index in [2.05, 4.69) is 46.5 Å². The summed E-state index contributed by atoms with van der Waals surface area (Å²) in [5.41, 5.74) is 0.968. The molecule has 5 heteroatoms. The molecule has 0 aliphatic rings. The highest BCUT2D eigenvalue weighted by atomic mass is 15.2. The van der Waals surface area contributed by atoms with E-state index in [1.807, 2.05) is 19.9 Å². The summed E-state index contributed by atoms with van der Waals surface area (Å²) in [4.78, 5) is 10.9. The van der Waals surface area contributed by atoms with Gasteiger partial charge in [0.25, 0.3) is 0 Å². The lowest BCUT2D eigenvalue weighted by Crippen LogP contribution is -2.31. The van der Waals surface area contributed by atoms with Crippen LogP contribution in [0.25, 0.3) is 0 Å². The number of aryl methyl sites for hydroxylation is 1. The Morgan fingerprint density at radius 2 is 2.00 bits per heavy atom. The van der Waals surface area contributed by atoms with E-state index in [0.717, 1.165) is 24.6 Å². The Bertz CT molecular complexity index is 351. The molecule has 1 atom stereocenters. The van der Waals surface area contributed by atoms with Gasteiger partial charge in [-0.2, -0.15) is 4.98 Å². The summed E-state index contributed by atoms with van der Waals surface area (Å²) >= 11 is 0. The van der Waals surface area contributed by atoms with E-state index in [0.29, 0.717) is 12.0 Å². The fourth-order valence-corrected chi connectivity index (χ4v) is 1.33. The van der Waals surface area contributed by atoms with Crippen molar-refractivity contribution >= 4 is 11.8 Å². The highest BCUT2D eigenvalue weighted by molar-refractivity contribution is 5.42. The van der Waals surface area contributed by atoms with E-state index >= 15 is 0 Å². The second-order valence-electron chi connectivity index (χ2n) is 4.44. The molecule has 5 nitrogen and oxygen atoms in total. The first-order chi connectivity index (χ1) is 8.02. The second-order valence-corrected chi connectivity index (χ2v) is 4.44. The van der Waals surface area contributed by atoms with Crippen LogP contribution in [0.5, 0.6) is 0 Å². The third-order valence-corrected chi connectivity index (χ3v) is 2.65. The molecule has 96 valence electrons. The third kappa shape index (κ3) is 4.56. The maximum atomic E-state index is 4.40. The summed E-state index contributed by atoms with van der Waals surface area (Å²) in [6.07, 6.45) is 0. The van der Waals surface area contributed by atoms with Gasteiger partial charge in [0.15, 0.2) is 0 Å². The van der Waals surface area contributed by atoms with Gasteiger partial charge in [-0.3, -0.25) is 0 Å². The van der Waals surface area contributed by atoms with Crippen LogP contribution in [0.4, 0.5) is 11.8 Å². The molecule has 0 saturated carbocycles. The van der Waals surface area contributed by atoms with Gasteiger partial charge in [0.1, 0.15) is 5.82 Å². The van der Waals surface area contributed by atoms with Crippen LogP contribution >= 0.6 is 0 Å². The Kier molecular flexibility index (Phi) is 5.15. The number of rotatable bonds is 6. The van der Waals surface area contributed by atoms with E-state index in [9.17, 15) is 0 Å².